The van der Waals surface area contributed by atoms with Crippen molar-refractivity contribution in [1.29, 1.82) is 0 Å². The Morgan fingerprint density at radius 1 is 1.27 bits per heavy atom. The van der Waals surface area contributed by atoms with Gasteiger partial charge in [0.2, 0.25) is 0 Å². The van der Waals surface area contributed by atoms with Gasteiger partial charge in [-0.15, -0.1) is 11.3 Å². The van der Waals surface area contributed by atoms with E-state index >= 15 is 0 Å². The van der Waals surface area contributed by atoms with Crippen LogP contribution in [0.4, 0.5) is 0 Å². The molecule has 6 heteroatoms. The number of carbonyl (C=O) groups is 1. The molecule has 5 nitrogen and oxygen atoms in total. The van der Waals surface area contributed by atoms with E-state index in [0.717, 1.165) is 18.4 Å². The fraction of sp³-hybridized carbons (Fsp3) is 0.350. The summed E-state index contributed by atoms with van der Waals surface area (Å²) in [4.78, 5) is 31.1. The number of nitrogens with zero attached hydrogens (tertiary/aromatic N) is 2. The monoisotopic (exact) mass is 368 g/mol. The van der Waals surface area contributed by atoms with E-state index in [0.29, 0.717) is 16.2 Å². The molecule has 0 spiro atoms. The topological polar surface area (TPSA) is 60.7 Å². The summed E-state index contributed by atoms with van der Waals surface area (Å²) in [5.74, 6) is -0.338. The molecule has 1 aliphatic carbocycles. The van der Waals surface area contributed by atoms with E-state index in [1.165, 1.54) is 51.5 Å². The molecule has 0 atom stereocenters. The van der Waals surface area contributed by atoms with Crippen molar-refractivity contribution in [2.45, 2.75) is 45.6 Å². The fourth-order valence-corrected chi connectivity index (χ4v) is 4.51. The second-order valence-corrected chi connectivity index (χ2v) is 7.80. The highest BCUT2D eigenvalue weighted by molar-refractivity contribution is 7.14. The molecule has 3 aromatic heterocycles. The molecule has 4 rings (SSSR count). The smallest absolute Gasteiger partial charge is 0.348 e. The Morgan fingerprint density at radius 2 is 2.12 bits per heavy atom. The van der Waals surface area contributed by atoms with Crippen LogP contribution in [0, 0.1) is 6.92 Å². The highest BCUT2D eigenvalue weighted by atomic mass is 32.1. The minimum Gasteiger partial charge on any atom is -0.455 e. The number of aryl methyl sites for hydroxylation is 3. The third-order valence-electron chi connectivity index (χ3n) is 4.74. The Hall–Kier alpha value is -2.47. The summed E-state index contributed by atoms with van der Waals surface area (Å²) < 4.78 is 6.92. The van der Waals surface area contributed by atoms with Gasteiger partial charge in [0.05, 0.1) is 5.69 Å². The van der Waals surface area contributed by atoms with E-state index in [1.807, 2.05) is 25.1 Å². The zero-order chi connectivity index (χ0) is 18.1. The predicted octanol–water partition coefficient (Wildman–Crippen LogP) is 3.69. The summed E-state index contributed by atoms with van der Waals surface area (Å²) in [6.07, 6.45) is 7.40. The maximum atomic E-state index is 12.4. The first-order chi connectivity index (χ1) is 12.6. The molecule has 0 bridgehead atoms. The number of hydrogen-bond donors (Lipinski definition) is 0. The van der Waals surface area contributed by atoms with Crippen LogP contribution in [0.2, 0.25) is 0 Å². The van der Waals surface area contributed by atoms with Gasteiger partial charge < -0.3 is 4.74 Å². The molecule has 0 unspecified atom stereocenters. The van der Waals surface area contributed by atoms with Gasteiger partial charge in [0.1, 0.15) is 17.1 Å². The second kappa shape index (κ2) is 7.03. The van der Waals surface area contributed by atoms with Crippen molar-refractivity contribution in [3.8, 4) is 0 Å². The molecule has 0 saturated heterocycles. The zero-order valence-electron chi connectivity index (χ0n) is 14.7. The molecule has 0 amide bonds. The van der Waals surface area contributed by atoms with E-state index < -0.39 is 0 Å². The predicted molar refractivity (Wildman–Crippen MR) is 101 cm³/mol. The van der Waals surface area contributed by atoms with Crippen molar-refractivity contribution < 1.29 is 9.53 Å². The molecule has 0 aliphatic heterocycles. The van der Waals surface area contributed by atoms with Crippen LogP contribution in [0.15, 0.2) is 35.3 Å². The van der Waals surface area contributed by atoms with Crippen molar-refractivity contribution in [2.24, 2.45) is 0 Å². The van der Waals surface area contributed by atoms with Crippen molar-refractivity contribution >= 4 is 23.0 Å². The van der Waals surface area contributed by atoms with Crippen molar-refractivity contribution in [3.05, 3.63) is 67.4 Å². The van der Waals surface area contributed by atoms with Gasteiger partial charge in [0, 0.05) is 17.1 Å². The van der Waals surface area contributed by atoms with Gasteiger partial charge in [-0.05, 0) is 55.9 Å². The first-order valence-corrected chi connectivity index (χ1v) is 9.70. The number of rotatable bonds is 3. The third-order valence-corrected chi connectivity index (χ3v) is 5.96. The molecule has 0 aromatic carbocycles. The minimum absolute atomic E-state index is 0.00146. The van der Waals surface area contributed by atoms with Gasteiger partial charge in [0.25, 0.3) is 5.56 Å². The number of aromatic nitrogens is 2. The van der Waals surface area contributed by atoms with Gasteiger partial charge in [-0.3, -0.25) is 9.20 Å². The molecule has 1 aliphatic rings. The van der Waals surface area contributed by atoms with Crippen LogP contribution in [-0.4, -0.2) is 15.4 Å². The van der Waals surface area contributed by atoms with Gasteiger partial charge in [0.15, 0.2) is 0 Å². The number of esters is 1. The number of pyridine rings is 1. The van der Waals surface area contributed by atoms with Crippen molar-refractivity contribution in [2.75, 3.05) is 0 Å². The lowest BCUT2D eigenvalue weighted by Crippen LogP contribution is -2.17. The molecular weight excluding hydrogens is 348 g/mol. The summed E-state index contributed by atoms with van der Waals surface area (Å²) in [6.45, 7) is 1.90. The number of hydrogen-bond acceptors (Lipinski definition) is 5. The maximum absolute atomic E-state index is 12.4. The summed E-state index contributed by atoms with van der Waals surface area (Å²) in [6, 6.07) is 7.10. The van der Waals surface area contributed by atoms with Gasteiger partial charge >= 0.3 is 5.97 Å². The third kappa shape index (κ3) is 3.29. The van der Waals surface area contributed by atoms with Gasteiger partial charge in [-0.25, -0.2) is 9.78 Å². The molecule has 0 saturated carbocycles. The summed E-state index contributed by atoms with van der Waals surface area (Å²) in [7, 11) is 0. The number of ether oxygens (including phenoxy) is 1. The Morgan fingerprint density at radius 3 is 3.00 bits per heavy atom. The first-order valence-electron chi connectivity index (χ1n) is 8.88. The van der Waals surface area contributed by atoms with Crippen LogP contribution in [0.25, 0.3) is 5.65 Å². The van der Waals surface area contributed by atoms with Crippen molar-refractivity contribution in [1.82, 2.24) is 9.38 Å². The van der Waals surface area contributed by atoms with Crippen LogP contribution < -0.4 is 5.56 Å². The van der Waals surface area contributed by atoms with Crippen LogP contribution in [0.5, 0.6) is 0 Å². The largest absolute Gasteiger partial charge is 0.455 e. The fourth-order valence-electron chi connectivity index (χ4n) is 3.36. The summed E-state index contributed by atoms with van der Waals surface area (Å²) in [5.41, 5.74) is 3.08. The lowest BCUT2D eigenvalue weighted by Gasteiger charge is -2.06. The average molecular weight is 368 g/mol. The lowest BCUT2D eigenvalue weighted by molar-refractivity contribution is 0.0473. The van der Waals surface area contributed by atoms with Crippen molar-refractivity contribution in [3.63, 3.8) is 0 Å². The molecule has 3 aromatic rings. The number of carbonyl (C=O) groups excluding carboxylic acids is 1. The highest BCUT2D eigenvalue weighted by Crippen LogP contribution is 2.29. The standard InChI is InChI=1S/C20H20N2O3S/c1-13-6-5-9-22-18(23)11-15(21-19(13)22)12-25-20(24)17-10-14-7-3-2-4-8-16(14)26-17/h5-6,9-11H,2-4,7-8,12H2,1H3. The van der Waals surface area contributed by atoms with E-state index in [4.69, 9.17) is 4.74 Å². The van der Waals surface area contributed by atoms with Crippen LogP contribution in [0.3, 0.4) is 0 Å². The number of fused-ring (bicyclic) bond motifs is 2. The summed E-state index contributed by atoms with van der Waals surface area (Å²) in [5, 5.41) is 0. The number of thiophene rings is 1. The molecular formula is C20H20N2O3S. The van der Waals surface area contributed by atoms with Crippen LogP contribution >= 0.6 is 11.3 Å². The van der Waals surface area contributed by atoms with E-state index in [1.54, 1.807) is 6.20 Å². The van der Waals surface area contributed by atoms with Gasteiger partial charge in [-0.2, -0.15) is 0 Å². The Bertz CT molecular complexity index is 1010. The molecule has 3 heterocycles. The normalized spacial score (nSPS) is 14.0. The van der Waals surface area contributed by atoms with Crippen LogP contribution in [-0.2, 0) is 24.2 Å². The molecule has 0 N–H and O–H groups in total. The molecule has 0 radical (unpaired) electrons. The second-order valence-electron chi connectivity index (χ2n) is 6.67. The van der Waals surface area contributed by atoms with E-state index in [-0.39, 0.29) is 18.1 Å². The molecule has 26 heavy (non-hydrogen) atoms. The SMILES string of the molecule is Cc1cccn2c(=O)cc(COC(=O)c3cc4c(s3)CCCCC4)nc12. The van der Waals surface area contributed by atoms with E-state index in [2.05, 4.69) is 4.98 Å². The Balaban J connectivity index is 1.52. The lowest BCUT2D eigenvalue weighted by atomic mass is 10.1. The van der Waals surface area contributed by atoms with E-state index in [9.17, 15) is 9.59 Å². The van der Waals surface area contributed by atoms with Gasteiger partial charge in [-0.1, -0.05) is 12.5 Å². The highest BCUT2D eigenvalue weighted by Gasteiger charge is 2.18. The quantitative estimate of drug-likeness (QED) is 0.522. The minimum atomic E-state index is -0.338. The average Bonchev–Trinajstić information content (AvgIpc) is 2.91. The molecule has 134 valence electrons. The zero-order valence-corrected chi connectivity index (χ0v) is 15.5. The first kappa shape index (κ1) is 17.0. The molecule has 0 fully saturated rings. The maximum Gasteiger partial charge on any atom is 0.348 e. The summed E-state index contributed by atoms with van der Waals surface area (Å²) >= 11 is 1.54. The van der Waals surface area contributed by atoms with Crippen LogP contribution in [0.1, 0.15) is 50.6 Å². The Kier molecular flexibility index (Phi) is 4.59. The Labute approximate surface area is 155 Å².